The highest BCUT2D eigenvalue weighted by molar-refractivity contribution is 6.31. The van der Waals surface area contributed by atoms with Gasteiger partial charge in [-0.2, -0.15) is 0 Å². The van der Waals surface area contributed by atoms with Crippen LogP contribution in [0.4, 0.5) is 5.69 Å². The first-order valence-corrected chi connectivity index (χ1v) is 4.99. The Morgan fingerprint density at radius 1 is 1.62 bits per heavy atom. The van der Waals surface area contributed by atoms with E-state index in [1.165, 1.54) is 12.8 Å². The van der Waals surface area contributed by atoms with Crippen LogP contribution < -0.4 is 5.32 Å². The molecule has 1 N–H and O–H groups in total. The lowest BCUT2D eigenvalue weighted by molar-refractivity contribution is 0.888. The van der Waals surface area contributed by atoms with Crippen molar-refractivity contribution < 1.29 is 0 Å². The highest BCUT2D eigenvalue weighted by Gasteiger charge is 2.20. The zero-order chi connectivity index (χ0) is 9.26. The number of anilines is 1. The maximum absolute atomic E-state index is 5.93. The van der Waals surface area contributed by atoms with Crippen molar-refractivity contribution in [1.82, 2.24) is 4.98 Å². The van der Waals surface area contributed by atoms with E-state index < -0.39 is 0 Å². The first kappa shape index (κ1) is 8.82. The predicted molar refractivity (Wildman–Crippen MR) is 55.2 cm³/mol. The standard InChI is InChI=1S/C10H13ClN2/c1-7-4-9(10(11)13-5-7)12-6-8-2-3-8/h4-5,8,12H,2-3,6H2,1H3. The molecule has 0 spiro atoms. The molecule has 1 aliphatic carbocycles. The smallest absolute Gasteiger partial charge is 0.152 e. The minimum Gasteiger partial charge on any atom is -0.382 e. The number of aromatic nitrogens is 1. The van der Waals surface area contributed by atoms with E-state index in [0.29, 0.717) is 5.15 Å². The molecule has 0 radical (unpaired) electrons. The number of hydrogen-bond donors (Lipinski definition) is 1. The van der Waals surface area contributed by atoms with Gasteiger partial charge in [-0.05, 0) is 37.3 Å². The van der Waals surface area contributed by atoms with Crippen molar-refractivity contribution in [3.05, 3.63) is 23.0 Å². The van der Waals surface area contributed by atoms with Gasteiger partial charge in [0.15, 0.2) is 5.15 Å². The number of halogens is 1. The van der Waals surface area contributed by atoms with Gasteiger partial charge in [-0.3, -0.25) is 0 Å². The van der Waals surface area contributed by atoms with Gasteiger partial charge in [0.25, 0.3) is 0 Å². The molecule has 13 heavy (non-hydrogen) atoms. The molecule has 1 aromatic heterocycles. The topological polar surface area (TPSA) is 24.9 Å². The van der Waals surface area contributed by atoms with Crippen molar-refractivity contribution in [2.75, 3.05) is 11.9 Å². The third-order valence-corrected chi connectivity index (χ3v) is 2.56. The van der Waals surface area contributed by atoms with Crippen LogP contribution >= 0.6 is 11.6 Å². The van der Waals surface area contributed by atoms with Crippen LogP contribution in [0.25, 0.3) is 0 Å². The van der Waals surface area contributed by atoms with Crippen LogP contribution in [0.3, 0.4) is 0 Å². The molecule has 1 aromatic rings. The van der Waals surface area contributed by atoms with E-state index in [1.54, 1.807) is 6.20 Å². The van der Waals surface area contributed by atoms with Crippen molar-refractivity contribution >= 4 is 17.3 Å². The largest absolute Gasteiger partial charge is 0.382 e. The molecule has 0 atom stereocenters. The summed E-state index contributed by atoms with van der Waals surface area (Å²) in [6, 6.07) is 2.04. The lowest BCUT2D eigenvalue weighted by Gasteiger charge is -2.07. The maximum atomic E-state index is 5.93. The average Bonchev–Trinajstić information content (AvgIpc) is 2.90. The summed E-state index contributed by atoms with van der Waals surface area (Å²) in [5, 5.41) is 3.90. The maximum Gasteiger partial charge on any atom is 0.152 e. The summed E-state index contributed by atoms with van der Waals surface area (Å²) in [6.07, 6.45) is 4.48. The Bertz CT molecular complexity index is 308. The molecule has 3 heteroatoms. The van der Waals surface area contributed by atoms with Gasteiger partial charge in [0.05, 0.1) is 5.69 Å². The van der Waals surface area contributed by atoms with Gasteiger partial charge >= 0.3 is 0 Å². The Morgan fingerprint density at radius 3 is 3.08 bits per heavy atom. The molecule has 0 saturated heterocycles. The minimum atomic E-state index is 0.575. The zero-order valence-corrected chi connectivity index (χ0v) is 8.43. The van der Waals surface area contributed by atoms with Crippen LogP contribution in [0.1, 0.15) is 18.4 Å². The van der Waals surface area contributed by atoms with E-state index >= 15 is 0 Å². The van der Waals surface area contributed by atoms with Crippen molar-refractivity contribution in [3.8, 4) is 0 Å². The SMILES string of the molecule is Cc1cnc(Cl)c(NCC2CC2)c1. The van der Waals surface area contributed by atoms with Gasteiger partial charge in [-0.25, -0.2) is 4.98 Å². The molecule has 0 bridgehead atoms. The highest BCUT2D eigenvalue weighted by Crippen LogP contribution is 2.30. The number of hydrogen-bond acceptors (Lipinski definition) is 2. The Kier molecular flexibility index (Phi) is 2.40. The van der Waals surface area contributed by atoms with Crippen LogP contribution in [-0.2, 0) is 0 Å². The number of aryl methyl sites for hydroxylation is 1. The fraction of sp³-hybridized carbons (Fsp3) is 0.500. The normalized spacial score (nSPS) is 15.8. The van der Waals surface area contributed by atoms with Gasteiger partial charge in [-0.15, -0.1) is 0 Å². The van der Waals surface area contributed by atoms with Gasteiger partial charge in [-0.1, -0.05) is 11.6 Å². The minimum absolute atomic E-state index is 0.575. The summed E-state index contributed by atoms with van der Waals surface area (Å²) in [7, 11) is 0. The fourth-order valence-corrected chi connectivity index (χ4v) is 1.42. The van der Waals surface area contributed by atoms with Crippen LogP contribution in [0.15, 0.2) is 12.3 Å². The summed E-state index contributed by atoms with van der Waals surface area (Å²) in [5.74, 6) is 0.858. The van der Waals surface area contributed by atoms with E-state index in [2.05, 4.69) is 10.3 Å². The average molecular weight is 197 g/mol. The van der Waals surface area contributed by atoms with E-state index in [1.807, 2.05) is 13.0 Å². The van der Waals surface area contributed by atoms with E-state index in [4.69, 9.17) is 11.6 Å². The lowest BCUT2D eigenvalue weighted by atomic mass is 10.3. The number of nitrogens with zero attached hydrogens (tertiary/aromatic N) is 1. The van der Waals surface area contributed by atoms with Crippen LogP contribution in [0.5, 0.6) is 0 Å². The Morgan fingerprint density at radius 2 is 2.38 bits per heavy atom. The molecule has 0 aliphatic heterocycles. The second-order valence-corrected chi connectivity index (χ2v) is 4.03. The molecule has 0 aromatic carbocycles. The van der Waals surface area contributed by atoms with Gasteiger partial charge in [0.1, 0.15) is 0 Å². The van der Waals surface area contributed by atoms with Crippen LogP contribution in [-0.4, -0.2) is 11.5 Å². The number of nitrogens with one attached hydrogen (secondary N) is 1. The summed E-state index contributed by atoms with van der Waals surface area (Å²) in [6.45, 7) is 3.05. The Balaban J connectivity index is 2.03. The molecule has 1 saturated carbocycles. The van der Waals surface area contributed by atoms with Gasteiger partial charge in [0, 0.05) is 12.7 Å². The summed E-state index contributed by atoms with van der Waals surface area (Å²) >= 11 is 5.93. The molecule has 2 rings (SSSR count). The second-order valence-electron chi connectivity index (χ2n) is 3.68. The van der Waals surface area contributed by atoms with E-state index in [0.717, 1.165) is 23.7 Å². The van der Waals surface area contributed by atoms with Crippen molar-refractivity contribution in [1.29, 1.82) is 0 Å². The van der Waals surface area contributed by atoms with Crippen molar-refractivity contribution in [2.24, 2.45) is 5.92 Å². The van der Waals surface area contributed by atoms with Crippen LogP contribution in [0.2, 0.25) is 5.15 Å². The molecule has 1 aliphatic rings. The van der Waals surface area contributed by atoms with Crippen LogP contribution in [0, 0.1) is 12.8 Å². The first-order valence-electron chi connectivity index (χ1n) is 4.62. The number of rotatable bonds is 3. The molecule has 2 nitrogen and oxygen atoms in total. The van der Waals surface area contributed by atoms with Crippen molar-refractivity contribution in [3.63, 3.8) is 0 Å². The second kappa shape index (κ2) is 3.54. The predicted octanol–water partition coefficient (Wildman–Crippen LogP) is 2.87. The zero-order valence-electron chi connectivity index (χ0n) is 7.68. The fourth-order valence-electron chi connectivity index (χ4n) is 1.25. The quantitative estimate of drug-likeness (QED) is 0.753. The highest BCUT2D eigenvalue weighted by atomic mass is 35.5. The molecule has 70 valence electrons. The third kappa shape index (κ3) is 2.34. The van der Waals surface area contributed by atoms with E-state index in [9.17, 15) is 0 Å². The molecule has 0 amide bonds. The van der Waals surface area contributed by atoms with Gasteiger partial charge < -0.3 is 5.32 Å². The summed E-state index contributed by atoms with van der Waals surface area (Å²) in [4.78, 5) is 4.08. The lowest BCUT2D eigenvalue weighted by Crippen LogP contribution is -2.04. The van der Waals surface area contributed by atoms with Gasteiger partial charge in [0.2, 0.25) is 0 Å². The third-order valence-electron chi connectivity index (χ3n) is 2.25. The Hall–Kier alpha value is -0.760. The molecule has 1 heterocycles. The first-order chi connectivity index (χ1) is 6.25. The van der Waals surface area contributed by atoms with E-state index in [-0.39, 0.29) is 0 Å². The summed E-state index contributed by atoms with van der Waals surface area (Å²) < 4.78 is 0. The number of pyridine rings is 1. The Labute approximate surface area is 83.3 Å². The monoisotopic (exact) mass is 196 g/mol. The molecule has 1 fully saturated rings. The van der Waals surface area contributed by atoms with Crippen molar-refractivity contribution in [2.45, 2.75) is 19.8 Å². The molecule has 0 unspecified atom stereocenters. The molecular formula is C10H13ClN2. The molecular weight excluding hydrogens is 184 g/mol. The summed E-state index contributed by atoms with van der Waals surface area (Å²) in [5.41, 5.74) is 2.11.